The standard InChI is InChI=1S/C13H17IO4/c1-3-17-12(13(16)18-4-2)11(14)9-5-7-10(15)8-6-9/h5-8,11-12,15H,3-4H2,1-2H3. The smallest absolute Gasteiger partial charge is 0.336 e. The van der Waals surface area contributed by atoms with E-state index in [9.17, 15) is 9.90 Å². The lowest BCUT2D eigenvalue weighted by Gasteiger charge is -2.21. The first kappa shape index (κ1) is 15.2. The van der Waals surface area contributed by atoms with E-state index in [0.717, 1.165) is 5.56 Å². The van der Waals surface area contributed by atoms with Gasteiger partial charge in [0.1, 0.15) is 5.75 Å². The van der Waals surface area contributed by atoms with E-state index in [1.165, 1.54) is 0 Å². The van der Waals surface area contributed by atoms with Gasteiger partial charge in [-0.1, -0.05) is 34.7 Å². The molecule has 0 aromatic heterocycles. The first-order valence-electron chi connectivity index (χ1n) is 5.81. The number of esters is 1. The average Bonchev–Trinajstić information content (AvgIpc) is 2.36. The number of rotatable bonds is 6. The zero-order chi connectivity index (χ0) is 13.5. The topological polar surface area (TPSA) is 55.8 Å². The maximum atomic E-state index is 11.8. The number of phenols is 1. The molecule has 0 saturated heterocycles. The van der Waals surface area contributed by atoms with E-state index in [2.05, 4.69) is 22.6 Å². The maximum Gasteiger partial charge on any atom is 0.336 e. The Labute approximate surface area is 120 Å². The molecule has 0 spiro atoms. The molecule has 100 valence electrons. The van der Waals surface area contributed by atoms with E-state index in [1.54, 1.807) is 31.2 Å². The van der Waals surface area contributed by atoms with E-state index in [0.29, 0.717) is 13.2 Å². The highest BCUT2D eigenvalue weighted by molar-refractivity contribution is 14.1. The lowest BCUT2D eigenvalue weighted by atomic mass is 10.1. The number of carbonyl (C=O) groups excluding carboxylic acids is 1. The summed E-state index contributed by atoms with van der Waals surface area (Å²) in [7, 11) is 0. The van der Waals surface area contributed by atoms with Gasteiger partial charge in [0.2, 0.25) is 0 Å². The largest absolute Gasteiger partial charge is 0.508 e. The molecule has 1 aromatic carbocycles. The summed E-state index contributed by atoms with van der Waals surface area (Å²) in [6.07, 6.45) is -0.625. The van der Waals surface area contributed by atoms with Crippen LogP contribution in [0.15, 0.2) is 24.3 Å². The van der Waals surface area contributed by atoms with Gasteiger partial charge in [-0.15, -0.1) is 0 Å². The Balaban J connectivity index is 2.84. The van der Waals surface area contributed by atoms with Gasteiger partial charge in [-0.3, -0.25) is 0 Å². The van der Waals surface area contributed by atoms with Gasteiger partial charge < -0.3 is 14.6 Å². The molecule has 1 N–H and O–H groups in total. The van der Waals surface area contributed by atoms with E-state index in [4.69, 9.17) is 9.47 Å². The number of phenolic OH excluding ortho intramolecular Hbond substituents is 1. The van der Waals surface area contributed by atoms with Gasteiger partial charge in [0.05, 0.1) is 10.5 Å². The highest BCUT2D eigenvalue weighted by Crippen LogP contribution is 2.30. The van der Waals surface area contributed by atoms with Crippen LogP contribution in [0.1, 0.15) is 23.3 Å². The molecule has 0 saturated carbocycles. The molecule has 1 aromatic rings. The predicted octanol–water partition coefficient (Wildman–Crippen LogP) is 2.84. The highest BCUT2D eigenvalue weighted by Gasteiger charge is 2.29. The molecule has 2 atom stereocenters. The second-order valence-electron chi connectivity index (χ2n) is 3.62. The van der Waals surface area contributed by atoms with Crippen molar-refractivity contribution in [2.75, 3.05) is 13.2 Å². The summed E-state index contributed by atoms with van der Waals surface area (Å²) in [6.45, 7) is 4.39. The molecule has 0 radical (unpaired) electrons. The number of ether oxygens (including phenoxy) is 2. The summed E-state index contributed by atoms with van der Waals surface area (Å²) < 4.78 is 10.3. The summed E-state index contributed by atoms with van der Waals surface area (Å²) in [5.74, 6) is -0.154. The van der Waals surface area contributed by atoms with Crippen molar-refractivity contribution < 1.29 is 19.4 Å². The van der Waals surface area contributed by atoms with Gasteiger partial charge >= 0.3 is 5.97 Å². The zero-order valence-electron chi connectivity index (χ0n) is 10.4. The second-order valence-corrected chi connectivity index (χ2v) is 4.96. The van der Waals surface area contributed by atoms with Gasteiger partial charge in [-0.25, -0.2) is 4.79 Å². The molecule has 0 heterocycles. The second kappa shape index (κ2) is 7.58. The van der Waals surface area contributed by atoms with Gasteiger partial charge in [0, 0.05) is 6.61 Å². The number of hydrogen-bond acceptors (Lipinski definition) is 4. The summed E-state index contributed by atoms with van der Waals surface area (Å²) in [5, 5.41) is 9.25. The van der Waals surface area contributed by atoms with Crippen LogP contribution < -0.4 is 0 Å². The molecule has 0 fully saturated rings. The average molecular weight is 364 g/mol. The van der Waals surface area contributed by atoms with Crippen LogP contribution in [0.4, 0.5) is 0 Å². The van der Waals surface area contributed by atoms with Crippen molar-refractivity contribution in [1.82, 2.24) is 0 Å². The third-order valence-electron chi connectivity index (χ3n) is 2.34. The lowest BCUT2D eigenvalue weighted by molar-refractivity contribution is -0.156. The molecule has 0 bridgehead atoms. The van der Waals surface area contributed by atoms with Gasteiger partial charge in [0.15, 0.2) is 6.10 Å². The number of aromatic hydroxyl groups is 1. The van der Waals surface area contributed by atoms with E-state index in [-0.39, 0.29) is 15.6 Å². The minimum Gasteiger partial charge on any atom is -0.508 e. The number of hydrogen-bond donors (Lipinski definition) is 1. The fraction of sp³-hybridized carbons (Fsp3) is 0.462. The van der Waals surface area contributed by atoms with Gasteiger partial charge in [0.25, 0.3) is 0 Å². The fourth-order valence-corrected chi connectivity index (χ4v) is 2.43. The van der Waals surface area contributed by atoms with Crippen molar-refractivity contribution in [2.24, 2.45) is 0 Å². The summed E-state index contributed by atoms with van der Waals surface area (Å²) >= 11 is 2.15. The van der Waals surface area contributed by atoms with Crippen LogP contribution in [0, 0.1) is 0 Å². The Morgan fingerprint density at radius 1 is 1.28 bits per heavy atom. The van der Waals surface area contributed by atoms with Crippen molar-refractivity contribution in [2.45, 2.75) is 23.9 Å². The normalized spacial score (nSPS) is 13.9. The molecule has 2 unspecified atom stereocenters. The Hall–Kier alpha value is -0.820. The van der Waals surface area contributed by atoms with Crippen LogP contribution in [-0.2, 0) is 14.3 Å². The third kappa shape index (κ3) is 4.13. The molecule has 0 aliphatic rings. The van der Waals surface area contributed by atoms with Crippen molar-refractivity contribution in [1.29, 1.82) is 0 Å². The summed E-state index contributed by atoms with van der Waals surface area (Å²) in [6, 6.07) is 6.74. The first-order valence-corrected chi connectivity index (χ1v) is 7.06. The van der Waals surface area contributed by atoms with Crippen molar-refractivity contribution in [3.8, 4) is 5.75 Å². The van der Waals surface area contributed by atoms with Crippen LogP contribution >= 0.6 is 22.6 Å². The molecule has 0 aliphatic heterocycles. The van der Waals surface area contributed by atoms with Crippen molar-refractivity contribution >= 4 is 28.6 Å². The third-order valence-corrected chi connectivity index (χ3v) is 3.71. The Morgan fingerprint density at radius 2 is 1.89 bits per heavy atom. The first-order chi connectivity index (χ1) is 8.60. The molecule has 0 amide bonds. The number of halogens is 1. The SMILES string of the molecule is CCOC(=O)C(OCC)C(I)c1ccc(O)cc1. The Kier molecular flexibility index (Phi) is 6.42. The van der Waals surface area contributed by atoms with Gasteiger partial charge in [-0.2, -0.15) is 0 Å². The molecule has 5 heteroatoms. The highest BCUT2D eigenvalue weighted by atomic mass is 127. The van der Waals surface area contributed by atoms with E-state index < -0.39 is 6.10 Å². The minimum atomic E-state index is -0.625. The molecule has 0 aliphatic carbocycles. The van der Waals surface area contributed by atoms with Gasteiger partial charge in [-0.05, 0) is 31.5 Å². The zero-order valence-corrected chi connectivity index (χ0v) is 12.6. The number of alkyl halides is 1. The predicted molar refractivity (Wildman–Crippen MR) is 76.9 cm³/mol. The fourth-order valence-electron chi connectivity index (χ4n) is 1.51. The summed E-state index contributed by atoms with van der Waals surface area (Å²) in [5.41, 5.74) is 0.917. The lowest BCUT2D eigenvalue weighted by Crippen LogP contribution is -2.30. The van der Waals surface area contributed by atoms with E-state index >= 15 is 0 Å². The quantitative estimate of drug-likeness (QED) is 0.479. The maximum absolute atomic E-state index is 11.8. The van der Waals surface area contributed by atoms with Crippen LogP contribution in [0.25, 0.3) is 0 Å². The van der Waals surface area contributed by atoms with Crippen LogP contribution in [0.5, 0.6) is 5.75 Å². The van der Waals surface area contributed by atoms with Crippen LogP contribution in [0.2, 0.25) is 0 Å². The summed E-state index contributed by atoms with van der Waals surface area (Å²) in [4.78, 5) is 11.8. The Bertz CT molecular complexity index is 377. The molecule has 1 rings (SSSR count). The number of benzene rings is 1. The monoisotopic (exact) mass is 364 g/mol. The molecule has 18 heavy (non-hydrogen) atoms. The van der Waals surface area contributed by atoms with E-state index in [1.807, 2.05) is 6.92 Å². The minimum absolute atomic E-state index is 0.151. The molecular weight excluding hydrogens is 347 g/mol. The van der Waals surface area contributed by atoms with Crippen LogP contribution in [-0.4, -0.2) is 30.4 Å². The van der Waals surface area contributed by atoms with Crippen LogP contribution in [0.3, 0.4) is 0 Å². The molecular formula is C13H17IO4. The Morgan fingerprint density at radius 3 is 2.39 bits per heavy atom. The van der Waals surface area contributed by atoms with Crippen molar-refractivity contribution in [3.63, 3.8) is 0 Å². The molecule has 4 nitrogen and oxygen atoms in total. The number of carbonyl (C=O) groups is 1. The van der Waals surface area contributed by atoms with Crippen molar-refractivity contribution in [3.05, 3.63) is 29.8 Å².